The number of halogens is 2. The molecule has 5 rings (SSSR count). The second-order valence-electron chi connectivity index (χ2n) is 9.16. The number of benzene rings is 1. The van der Waals surface area contributed by atoms with E-state index in [9.17, 15) is 4.39 Å². The zero-order valence-corrected chi connectivity index (χ0v) is 19.2. The summed E-state index contributed by atoms with van der Waals surface area (Å²) in [5.74, 6) is 0.889. The van der Waals surface area contributed by atoms with Gasteiger partial charge in [0, 0.05) is 30.6 Å². The Labute approximate surface area is 191 Å². The molecule has 0 radical (unpaired) electrons. The minimum absolute atomic E-state index is 0.150. The summed E-state index contributed by atoms with van der Waals surface area (Å²) < 4.78 is 41.2. The highest BCUT2D eigenvalue weighted by Gasteiger charge is 2.34. The first kappa shape index (κ1) is 22.2. The molecule has 1 aromatic carbocycles. The van der Waals surface area contributed by atoms with Gasteiger partial charge in [0.15, 0.2) is 5.82 Å². The maximum absolute atomic E-state index is 15.3. The zero-order chi connectivity index (χ0) is 23.1. The predicted octanol–water partition coefficient (Wildman–Crippen LogP) is 4.03. The molecule has 7 nitrogen and oxygen atoms in total. The SMILES string of the molecule is Cc1cc(F)c2nc(N3CC[C@@H](N[C@@H]4CCCOC4)[C@@H](F)C3)c(-c3nc(C)no3)c(C)c2c1. The number of aromatic nitrogens is 3. The van der Waals surface area contributed by atoms with Gasteiger partial charge in [0.1, 0.15) is 23.3 Å². The highest BCUT2D eigenvalue weighted by atomic mass is 19.1. The largest absolute Gasteiger partial charge is 0.380 e. The fraction of sp³-hybridized carbons (Fsp3) is 0.542. The van der Waals surface area contributed by atoms with E-state index < -0.39 is 12.0 Å². The van der Waals surface area contributed by atoms with Crippen LogP contribution in [0.4, 0.5) is 14.6 Å². The number of piperidine rings is 1. The lowest BCUT2D eigenvalue weighted by molar-refractivity contribution is 0.0588. The van der Waals surface area contributed by atoms with Gasteiger partial charge < -0.3 is 19.5 Å². The lowest BCUT2D eigenvalue weighted by Crippen LogP contribution is -2.55. The van der Waals surface area contributed by atoms with Crippen molar-refractivity contribution in [3.63, 3.8) is 0 Å². The average molecular weight is 458 g/mol. The summed E-state index contributed by atoms with van der Waals surface area (Å²) in [6.45, 7) is 7.60. The fourth-order valence-corrected chi connectivity index (χ4v) is 4.94. The molecule has 2 saturated heterocycles. The number of anilines is 1. The number of hydrogen-bond donors (Lipinski definition) is 1. The fourth-order valence-electron chi connectivity index (χ4n) is 4.94. The number of fused-ring (bicyclic) bond motifs is 1. The summed E-state index contributed by atoms with van der Waals surface area (Å²) in [4.78, 5) is 11.0. The van der Waals surface area contributed by atoms with Crippen molar-refractivity contribution in [2.45, 2.75) is 58.3 Å². The Morgan fingerprint density at radius 3 is 2.70 bits per heavy atom. The molecule has 0 spiro atoms. The molecule has 9 heteroatoms. The smallest absolute Gasteiger partial charge is 0.261 e. The number of aryl methyl sites for hydroxylation is 3. The van der Waals surface area contributed by atoms with Gasteiger partial charge in [0.2, 0.25) is 0 Å². The predicted molar refractivity (Wildman–Crippen MR) is 122 cm³/mol. The van der Waals surface area contributed by atoms with Crippen LogP contribution >= 0.6 is 0 Å². The third-order valence-electron chi connectivity index (χ3n) is 6.62. The van der Waals surface area contributed by atoms with Crippen molar-refractivity contribution in [1.29, 1.82) is 0 Å². The van der Waals surface area contributed by atoms with Crippen LogP contribution < -0.4 is 10.2 Å². The van der Waals surface area contributed by atoms with Gasteiger partial charge in [-0.05, 0) is 63.3 Å². The third-order valence-corrected chi connectivity index (χ3v) is 6.62. The van der Waals surface area contributed by atoms with Gasteiger partial charge in [-0.3, -0.25) is 0 Å². The monoisotopic (exact) mass is 457 g/mol. The quantitative estimate of drug-likeness (QED) is 0.634. The minimum Gasteiger partial charge on any atom is -0.380 e. The Bertz CT molecular complexity index is 1160. The van der Waals surface area contributed by atoms with Crippen molar-refractivity contribution < 1.29 is 18.0 Å². The van der Waals surface area contributed by atoms with Crippen molar-refractivity contribution in [2.24, 2.45) is 0 Å². The van der Waals surface area contributed by atoms with E-state index in [-0.39, 0.29) is 24.1 Å². The standard InChI is InChI=1S/C24H29F2N5O2/c1-13-9-17-14(2)21(24-27-15(3)30-33-24)23(29-22(17)18(25)10-13)31-7-6-20(19(26)11-31)28-16-5-4-8-32-12-16/h9-10,16,19-20,28H,4-8,11-12H2,1-3H3/t16-,19+,20-/m1/s1. The van der Waals surface area contributed by atoms with Gasteiger partial charge in [0.05, 0.1) is 18.7 Å². The molecule has 4 heterocycles. The zero-order valence-electron chi connectivity index (χ0n) is 19.2. The Morgan fingerprint density at radius 1 is 1.15 bits per heavy atom. The summed E-state index contributed by atoms with van der Waals surface area (Å²) >= 11 is 0. The molecular formula is C24H29F2N5O2. The van der Waals surface area contributed by atoms with Gasteiger partial charge in [-0.15, -0.1) is 0 Å². The number of nitrogens with zero attached hydrogens (tertiary/aromatic N) is 4. The average Bonchev–Trinajstić information content (AvgIpc) is 3.22. The van der Waals surface area contributed by atoms with Crippen LogP contribution in [0, 0.1) is 26.6 Å². The van der Waals surface area contributed by atoms with E-state index in [2.05, 4.69) is 20.4 Å². The van der Waals surface area contributed by atoms with Gasteiger partial charge >= 0.3 is 0 Å². The molecule has 33 heavy (non-hydrogen) atoms. The van der Waals surface area contributed by atoms with Gasteiger partial charge in [-0.25, -0.2) is 13.8 Å². The van der Waals surface area contributed by atoms with Crippen LogP contribution in [0.1, 0.15) is 36.2 Å². The van der Waals surface area contributed by atoms with E-state index in [4.69, 9.17) is 9.26 Å². The molecule has 0 amide bonds. The summed E-state index contributed by atoms with van der Waals surface area (Å²) in [5.41, 5.74) is 2.49. The van der Waals surface area contributed by atoms with Crippen molar-refractivity contribution >= 4 is 16.7 Å². The molecule has 2 fully saturated rings. The van der Waals surface area contributed by atoms with Crippen LogP contribution in [0.5, 0.6) is 0 Å². The van der Waals surface area contributed by atoms with Crippen LogP contribution in [0.25, 0.3) is 22.4 Å². The molecule has 176 valence electrons. The van der Waals surface area contributed by atoms with E-state index in [0.29, 0.717) is 48.1 Å². The second-order valence-corrected chi connectivity index (χ2v) is 9.16. The molecule has 0 bridgehead atoms. The molecule has 2 aromatic heterocycles. The second kappa shape index (κ2) is 8.95. The topological polar surface area (TPSA) is 76.3 Å². The van der Waals surface area contributed by atoms with Crippen LogP contribution in [-0.2, 0) is 4.74 Å². The number of rotatable bonds is 4. The highest BCUT2D eigenvalue weighted by molar-refractivity contribution is 5.93. The molecule has 2 aliphatic rings. The summed E-state index contributed by atoms with van der Waals surface area (Å²) in [6, 6.07) is 3.30. The first-order chi connectivity index (χ1) is 15.9. The Morgan fingerprint density at radius 2 is 2.00 bits per heavy atom. The summed E-state index contributed by atoms with van der Waals surface area (Å²) in [6.07, 6.45) is 1.50. The van der Waals surface area contributed by atoms with E-state index >= 15 is 4.39 Å². The number of pyridine rings is 1. The molecular weight excluding hydrogens is 428 g/mol. The number of ether oxygens (including phenoxy) is 1. The minimum atomic E-state index is -1.10. The Balaban J connectivity index is 1.50. The van der Waals surface area contributed by atoms with Crippen molar-refractivity contribution in [3.05, 3.63) is 34.9 Å². The summed E-state index contributed by atoms with van der Waals surface area (Å²) in [5, 5.41) is 8.05. The van der Waals surface area contributed by atoms with Crippen molar-refractivity contribution in [3.8, 4) is 11.5 Å². The van der Waals surface area contributed by atoms with E-state index in [1.807, 2.05) is 24.8 Å². The normalized spacial score (nSPS) is 23.9. The summed E-state index contributed by atoms with van der Waals surface area (Å²) in [7, 11) is 0. The molecule has 0 saturated carbocycles. The van der Waals surface area contributed by atoms with Crippen LogP contribution in [0.15, 0.2) is 16.7 Å². The maximum Gasteiger partial charge on any atom is 0.261 e. The molecule has 2 aliphatic heterocycles. The molecule has 0 aliphatic carbocycles. The van der Waals surface area contributed by atoms with Crippen molar-refractivity contribution in [2.75, 3.05) is 31.2 Å². The van der Waals surface area contributed by atoms with Crippen LogP contribution in [0.2, 0.25) is 0 Å². The van der Waals surface area contributed by atoms with Crippen LogP contribution in [0.3, 0.4) is 0 Å². The third kappa shape index (κ3) is 4.31. The Kier molecular flexibility index (Phi) is 6.01. The van der Waals surface area contributed by atoms with Gasteiger partial charge in [-0.2, -0.15) is 4.98 Å². The Hall–Kier alpha value is -2.65. The van der Waals surface area contributed by atoms with Crippen LogP contribution in [-0.4, -0.2) is 59.7 Å². The first-order valence-electron chi connectivity index (χ1n) is 11.5. The number of nitrogens with one attached hydrogen (secondary N) is 1. The van der Waals surface area contributed by atoms with E-state index in [1.54, 1.807) is 6.92 Å². The number of alkyl halides is 1. The first-order valence-corrected chi connectivity index (χ1v) is 11.5. The maximum atomic E-state index is 15.3. The van der Waals surface area contributed by atoms with E-state index in [1.165, 1.54) is 6.07 Å². The lowest BCUT2D eigenvalue weighted by atomic mass is 9.97. The molecule has 0 unspecified atom stereocenters. The lowest BCUT2D eigenvalue weighted by Gasteiger charge is -2.38. The van der Waals surface area contributed by atoms with E-state index in [0.717, 1.165) is 30.6 Å². The molecule has 3 aromatic rings. The van der Waals surface area contributed by atoms with Crippen molar-refractivity contribution in [1.82, 2.24) is 20.4 Å². The highest BCUT2D eigenvalue weighted by Crippen LogP contribution is 2.38. The molecule has 3 atom stereocenters. The molecule has 1 N–H and O–H groups in total. The number of hydrogen-bond acceptors (Lipinski definition) is 7. The van der Waals surface area contributed by atoms with Gasteiger partial charge in [-0.1, -0.05) is 5.16 Å². The van der Waals surface area contributed by atoms with Gasteiger partial charge in [0.25, 0.3) is 5.89 Å².